The van der Waals surface area contributed by atoms with Gasteiger partial charge in [-0.1, -0.05) is 13.3 Å². The molecule has 190 valence electrons. The lowest BCUT2D eigenvalue weighted by molar-refractivity contribution is -0.120. The Kier molecular flexibility index (Phi) is 10.5. The smallest absolute Gasteiger partial charge is 0.269 e. The fraction of sp³-hybridized carbons (Fsp3) is 0.375. The van der Waals surface area contributed by atoms with Gasteiger partial charge in [-0.2, -0.15) is 0 Å². The molecule has 0 unspecified atom stereocenters. The van der Waals surface area contributed by atoms with E-state index in [2.05, 4.69) is 23.1 Å². The molecule has 0 saturated carbocycles. The lowest BCUT2D eigenvalue weighted by atomic mass is 10.1. The van der Waals surface area contributed by atoms with Crippen LogP contribution in [0.5, 0.6) is 28.7 Å². The SMILES string of the molecule is CCCCOc1ccc(C(=O)NNC(=O)CNC(=O)c2cc(OC)c(OC)c(OC)c2)cc1OC. The highest BCUT2D eigenvalue weighted by atomic mass is 16.5. The summed E-state index contributed by atoms with van der Waals surface area (Å²) in [5.41, 5.74) is 5.00. The van der Waals surface area contributed by atoms with E-state index in [0.29, 0.717) is 35.4 Å². The molecule has 0 aliphatic carbocycles. The topological polar surface area (TPSA) is 133 Å². The van der Waals surface area contributed by atoms with E-state index in [1.165, 1.54) is 46.6 Å². The Labute approximate surface area is 204 Å². The molecule has 2 aromatic carbocycles. The second-order valence-electron chi connectivity index (χ2n) is 7.17. The first-order valence-electron chi connectivity index (χ1n) is 10.9. The van der Waals surface area contributed by atoms with Crippen LogP contribution >= 0.6 is 0 Å². The zero-order valence-electron chi connectivity index (χ0n) is 20.5. The van der Waals surface area contributed by atoms with Crippen LogP contribution in [0, 0.1) is 0 Å². The van der Waals surface area contributed by atoms with E-state index >= 15 is 0 Å². The maximum atomic E-state index is 12.5. The van der Waals surface area contributed by atoms with Gasteiger partial charge in [0.2, 0.25) is 5.75 Å². The third kappa shape index (κ3) is 7.42. The summed E-state index contributed by atoms with van der Waals surface area (Å²) in [5, 5.41) is 2.46. The van der Waals surface area contributed by atoms with Crippen molar-refractivity contribution >= 4 is 17.7 Å². The molecule has 0 aliphatic heterocycles. The Morgan fingerprint density at radius 2 is 1.37 bits per heavy atom. The fourth-order valence-electron chi connectivity index (χ4n) is 2.97. The molecule has 0 bridgehead atoms. The molecular formula is C24H31N3O8. The molecule has 0 heterocycles. The van der Waals surface area contributed by atoms with E-state index < -0.39 is 17.7 Å². The Morgan fingerprint density at radius 1 is 0.743 bits per heavy atom. The predicted molar refractivity (Wildman–Crippen MR) is 127 cm³/mol. The summed E-state index contributed by atoms with van der Waals surface area (Å²) < 4.78 is 26.6. The van der Waals surface area contributed by atoms with E-state index in [9.17, 15) is 14.4 Å². The van der Waals surface area contributed by atoms with Gasteiger partial charge in [-0.3, -0.25) is 25.2 Å². The number of benzene rings is 2. The van der Waals surface area contributed by atoms with Gasteiger partial charge in [-0.15, -0.1) is 0 Å². The monoisotopic (exact) mass is 489 g/mol. The summed E-state index contributed by atoms with van der Waals surface area (Å²) in [5.74, 6) is 0.113. The lowest BCUT2D eigenvalue weighted by Crippen LogP contribution is -2.46. The number of hydrogen-bond donors (Lipinski definition) is 3. The summed E-state index contributed by atoms with van der Waals surface area (Å²) in [6, 6.07) is 7.61. The van der Waals surface area contributed by atoms with Crippen LogP contribution in [0.4, 0.5) is 0 Å². The van der Waals surface area contributed by atoms with Crippen molar-refractivity contribution in [2.45, 2.75) is 19.8 Å². The van der Waals surface area contributed by atoms with Gasteiger partial charge in [-0.25, -0.2) is 0 Å². The number of ether oxygens (including phenoxy) is 5. The average Bonchev–Trinajstić information content (AvgIpc) is 2.89. The van der Waals surface area contributed by atoms with E-state index in [4.69, 9.17) is 23.7 Å². The van der Waals surface area contributed by atoms with Crippen LogP contribution < -0.4 is 39.9 Å². The molecule has 3 N–H and O–H groups in total. The minimum Gasteiger partial charge on any atom is -0.493 e. The number of amides is 3. The van der Waals surface area contributed by atoms with Crippen LogP contribution in [0.3, 0.4) is 0 Å². The van der Waals surface area contributed by atoms with Crippen molar-refractivity contribution in [2.75, 3.05) is 41.6 Å². The highest BCUT2D eigenvalue weighted by molar-refractivity contribution is 5.99. The molecule has 2 aromatic rings. The van der Waals surface area contributed by atoms with Gasteiger partial charge < -0.3 is 29.0 Å². The number of carbonyl (C=O) groups is 3. The number of carbonyl (C=O) groups excluding carboxylic acids is 3. The van der Waals surface area contributed by atoms with Crippen molar-refractivity contribution in [3.8, 4) is 28.7 Å². The molecule has 11 nitrogen and oxygen atoms in total. The van der Waals surface area contributed by atoms with E-state index in [0.717, 1.165) is 12.8 Å². The zero-order valence-corrected chi connectivity index (χ0v) is 20.5. The quantitative estimate of drug-likeness (QED) is 0.305. The number of methoxy groups -OCH3 is 4. The second kappa shape index (κ2) is 13.5. The van der Waals surface area contributed by atoms with Crippen molar-refractivity contribution in [3.05, 3.63) is 41.5 Å². The first kappa shape index (κ1) is 27.1. The minimum absolute atomic E-state index is 0.199. The maximum Gasteiger partial charge on any atom is 0.269 e. The normalized spacial score (nSPS) is 10.1. The molecule has 0 fully saturated rings. The van der Waals surface area contributed by atoms with Gasteiger partial charge in [0.15, 0.2) is 23.0 Å². The Balaban J connectivity index is 1.92. The number of unbranched alkanes of at least 4 members (excludes halogenated alkanes) is 1. The summed E-state index contributed by atoms with van der Waals surface area (Å²) in [6.45, 7) is 2.21. The Hall–Kier alpha value is -4.15. The molecule has 2 rings (SSSR count). The lowest BCUT2D eigenvalue weighted by Gasteiger charge is -2.14. The number of nitrogens with one attached hydrogen (secondary N) is 3. The van der Waals surface area contributed by atoms with Crippen LogP contribution in [0.25, 0.3) is 0 Å². The maximum absolute atomic E-state index is 12.5. The highest BCUT2D eigenvalue weighted by Gasteiger charge is 2.18. The predicted octanol–water partition coefficient (Wildman–Crippen LogP) is 2.09. The third-order valence-electron chi connectivity index (χ3n) is 4.83. The van der Waals surface area contributed by atoms with Crippen molar-refractivity contribution in [2.24, 2.45) is 0 Å². The fourth-order valence-corrected chi connectivity index (χ4v) is 2.97. The van der Waals surface area contributed by atoms with Crippen molar-refractivity contribution in [1.29, 1.82) is 0 Å². The summed E-state index contributed by atoms with van der Waals surface area (Å²) in [4.78, 5) is 37.0. The van der Waals surface area contributed by atoms with Gasteiger partial charge in [0, 0.05) is 11.1 Å². The number of rotatable bonds is 12. The molecule has 35 heavy (non-hydrogen) atoms. The molecule has 0 saturated heterocycles. The van der Waals surface area contributed by atoms with Crippen molar-refractivity contribution < 1.29 is 38.1 Å². The van der Waals surface area contributed by atoms with Crippen LogP contribution in [-0.4, -0.2) is 59.3 Å². The molecule has 3 amide bonds. The van der Waals surface area contributed by atoms with E-state index in [-0.39, 0.29) is 17.7 Å². The minimum atomic E-state index is -0.634. The summed E-state index contributed by atoms with van der Waals surface area (Å²) >= 11 is 0. The van der Waals surface area contributed by atoms with Crippen LogP contribution in [0.1, 0.15) is 40.5 Å². The molecule has 0 spiro atoms. The van der Waals surface area contributed by atoms with Gasteiger partial charge in [0.1, 0.15) is 0 Å². The van der Waals surface area contributed by atoms with Crippen molar-refractivity contribution in [1.82, 2.24) is 16.2 Å². The number of hydrogen-bond acceptors (Lipinski definition) is 8. The standard InChI is InChI=1S/C24H31N3O8/c1-6-7-10-35-17-9-8-15(11-18(17)31-2)24(30)27-26-21(28)14-25-23(29)16-12-19(32-3)22(34-5)20(13-16)33-4/h8-9,11-13H,6-7,10,14H2,1-5H3,(H,25,29)(H,26,28)(H,27,30). The number of hydrazine groups is 1. The first-order chi connectivity index (χ1) is 16.9. The summed E-state index contributed by atoms with van der Waals surface area (Å²) in [7, 11) is 5.78. The zero-order chi connectivity index (χ0) is 25.8. The summed E-state index contributed by atoms with van der Waals surface area (Å²) in [6.07, 6.45) is 1.89. The van der Waals surface area contributed by atoms with E-state index in [1.807, 2.05) is 0 Å². The van der Waals surface area contributed by atoms with E-state index in [1.54, 1.807) is 12.1 Å². The van der Waals surface area contributed by atoms with Crippen LogP contribution in [0.2, 0.25) is 0 Å². The average molecular weight is 490 g/mol. The molecular weight excluding hydrogens is 458 g/mol. The molecule has 0 atom stereocenters. The van der Waals surface area contributed by atoms with Gasteiger partial charge in [0.05, 0.1) is 41.6 Å². The van der Waals surface area contributed by atoms with Crippen LogP contribution in [-0.2, 0) is 4.79 Å². The highest BCUT2D eigenvalue weighted by Crippen LogP contribution is 2.38. The first-order valence-corrected chi connectivity index (χ1v) is 10.9. The van der Waals surface area contributed by atoms with Gasteiger partial charge in [0.25, 0.3) is 17.7 Å². The third-order valence-corrected chi connectivity index (χ3v) is 4.83. The Bertz CT molecular complexity index is 1020. The Morgan fingerprint density at radius 3 is 1.94 bits per heavy atom. The molecule has 0 aliphatic rings. The molecule has 0 aromatic heterocycles. The van der Waals surface area contributed by atoms with Crippen molar-refractivity contribution in [3.63, 3.8) is 0 Å². The van der Waals surface area contributed by atoms with Gasteiger partial charge in [-0.05, 0) is 36.8 Å². The van der Waals surface area contributed by atoms with Gasteiger partial charge >= 0.3 is 0 Å². The molecule has 11 heteroatoms. The molecule has 0 radical (unpaired) electrons. The van der Waals surface area contributed by atoms with Crippen LogP contribution in [0.15, 0.2) is 30.3 Å². The largest absolute Gasteiger partial charge is 0.493 e. The second-order valence-corrected chi connectivity index (χ2v) is 7.17.